The van der Waals surface area contributed by atoms with Crippen LogP contribution in [0.3, 0.4) is 0 Å². The lowest BCUT2D eigenvalue weighted by Crippen LogP contribution is -2.31. The molecule has 1 aliphatic rings. The van der Waals surface area contributed by atoms with Gasteiger partial charge in [0, 0.05) is 36.3 Å². The molecule has 1 unspecified atom stereocenters. The van der Waals surface area contributed by atoms with Gasteiger partial charge in [0.25, 0.3) is 0 Å². The van der Waals surface area contributed by atoms with Crippen LogP contribution in [0.4, 0.5) is 9.18 Å². The average Bonchev–Trinajstić information content (AvgIpc) is 3.35. The highest BCUT2D eigenvalue weighted by Gasteiger charge is 2.32. The summed E-state index contributed by atoms with van der Waals surface area (Å²) in [6, 6.07) is 12.3. The maximum atomic E-state index is 14.2. The molecule has 254 valence electrons. The zero-order valence-corrected chi connectivity index (χ0v) is 29.1. The molecule has 0 bridgehead atoms. The van der Waals surface area contributed by atoms with Crippen LogP contribution in [-0.4, -0.2) is 44.8 Å². The van der Waals surface area contributed by atoms with Crippen molar-refractivity contribution in [3.8, 4) is 22.6 Å². The van der Waals surface area contributed by atoms with Gasteiger partial charge >= 0.3 is 6.09 Å². The van der Waals surface area contributed by atoms with E-state index in [1.54, 1.807) is 68.4 Å². The fraction of sp³-hybridized carbons (Fsp3) is 0.405. The van der Waals surface area contributed by atoms with Crippen molar-refractivity contribution >= 4 is 23.5 Å². The maximum Gasteiger partial charge on any atom is 0.437 e. The number of carbonyl (C=O) groups excluding carboxylic acids is 2. The van der Waals surface area contributed by atoms with Crippen LogP contribution in [0.2, 0.25) is 5.02 Å². The minimum atomic E-state index is -0.708. The van der Waals surface area contributed by atoms with E-state index < -0.39 is 23.6 Å². The van der Waals surface area contributed by atoms with Crippen LogP contribution in [0.15, 0.2) is 59.9 Å². The molecule has 0 fully saturated rings. The Hall–Kier alpha value is -4.44. The van der Waals surface area contributed by atoms with Crippen molar-refractivity contribution in [3.63, 3.8) is 0 Å². The van der Waals surface area contributed by atoms with Crippen molar-refractivity contribution < 1.29 is 28.2 Å². The monoisotopic (exact) mass is 676 g/mol. The molecule has 4 aromatic rings. The lowest BCUT2D eigenvalue weighted by atomic mass is 9.86. The summed E-state index contributed by atoms with van der Waals surface area (Å²) in [5.74, 6) is -0.0767. The van der Waals surface area contributed by atoms with E-state index in [2.05, 4.69) is 16.9 Å². The van der Waals surface area contributed by atoms with Crippen molar-refractivity contribution in [1.82, 2.24) is 14.1 Å². The van der Waals surface area contributed by atoms with Gasteiger partial charge in [-0.1, -0.05) is 37.4 Å². The van der Waals surface area contributed by atoms with Gasteiger partial charge in [-0.3, -0.25) is 4.79 Å². The quantitative estimate of drug-likeness (QED) is 0.125. The van der Waals surface area contributed by atoms with Gasteiger partial charge in [0.1, 0.15) is 17.1 Å². The van der Waals surface area contributed by atoms with Gasteiger partial charge < -0.3 is 23.3 Å². The molecule has 0 saturated heterocycles. The largest absolute Gasteiger partial charge is 0.492 e. The summed E-state index contributed by atoms with van der Waals surface area (Å²) in [7, 11) is 1.78. The zero-order valence-electron chi connectivity index (χ0n) is 28.3. The number of ketones is 1. The number of carbonyl (C=O) groups is 2. The second-order valence-electron chi connectivity index (χ2n) is 13.1. The third-order valence-electron chi connectivity index (χ3n) is 8.02. The predicted octanol–water partition coefficient (Wildman–Crippen LogP) is 7.88. The van der Waals surface area contributed by atoms with Crippen molar-refractivity contribution in [3.05, 3.63) is 93.8 Å². The van der Waals surface area contributed by atoms with Gasteiger partial charge in [0.2, 0.25) is 11.6 Å². The minimum absolute atomic E-state index is 0.0656. The lowest BCUT2D eigenvalue weighted by Gasteiger charge is -2.27. The van der Waals surface area contributed by atoms with E-state index in [-0.39, 0.29) is 18.9 Å². The number of pyridine rings is 1. The van der Waals surface area contributed by atoms with Crippen LogP contribution in [0.1, 0.15) is 74.1 Å². The fourth-order valence-corrected chi connectivity index (χ4v) is 5.89. The first-order valence-corrected chi connectivity index (χ1v) is 16.6. The third kappa shape index (κ3) is 8.34. The summed E-state index contributed by atoms with van der Waals surface area (Å²) in [6.45, 7) is 10.2. The Morgan fingerprint density at radius 2 is 1.85 bits per heavy atom. The fourth-order valence-electron chi connectivity index (χ4n) is 5.71. The standard InChI is InChI=1S/C37H42ClFN4O5/c1-7-8-9-16-46-31-20-24(10-12-30(31)38)17-26-22-47-34-28(27-11-13-32(39)40-23(27)2)18-25(19-29(34)33(26)44)21-43-15-14-42(6)35(43)41-36(45)48-37(3,4)5/h10-15,18-20,26H,7-9,16-17,21-22H2,1-6H3. The predicted molar refractivity (Wildman–Crippen MR) is 182 cm³/mol. The molecule has 0 N–H and O–H groups in total. The topological polar surface area (TPSA) is 96.9 Å². The number of imidazole rings is 1. The number of nitrogens with zero attached hydrogens (tertiary/aromatic N) is 4. The Morgan fingerprint density at radius 1 is 1.08 bits per heavy atom. The number of benzene rings is 2. The van der Waals surface area contributed by atoms with E-state index in [9.17, 15) is 14.0 Å². The van der Waals surface area contributed by atoms with E-state index in [0.717, 1.165) is 30.4 Å². The molecule has 1 amide bonds. The van der Waals surface area contributed by atoms with E-state index in [4.69, 9.17) is 25.8 Å². The number of halogens is 2. The normalized spacial score (nSPS) is 14.9. The molecule has 1 atom stereocenters. The summed E-state index contributed by atoms with van der Waals surface area (Å²) >= 11 is 6.42. The molecule has 2 aromatic carbocycles. The number of aromatic nitrogens is 3. The van der Waals surface area contributed by atoms with Crippen molar-refractivity contribution in [1.29, 1.82) is 0 Å². The van der Waals surface area contributed by atoms with Crippen LogP contribution in [-0.2, 0) is 24.8 Å². The number of Topliss-reactive ketones (excluding diaryl/α,β-unsaturated/α-hetero) is 1. The number of aryl methyl sites for hydroxylation is 2. The molecule has 5 rings (SSSR count). The Labute approximate surface area is 285 Å². The summed E-state index contributed by atoms with van der Waals surface area (Å²) in [5, 5.41) is 0.528. The van der Waals surface area contributed by atoms with Crippen molar-refractivity contribution in [2.45, 2.75) is 72.4 Å². The highest BCUT2D eigenvalue weighted by molar-refractivity contribution is 6.32. The molecule has 2 aromatic heterocycles. The van der Waals surface area contributed by atoms with Gasteiger partial charge in [-0.15, -0.1) is 4.99 Å². The van der Waals surface area contributed by atoms with E-state index in [0.29, 0.717) is 57.6 Å². The minimum Gasteiger partial charge on any atom is -0.492 e. The molecule has 0 aliphatic carbocycles. The summed E-state index contributed by atoms with van der Waals surface area (Å²) in [5.41, 5.74) is 3.53. The van der Waals surface area contributed by atoms with Crippen LogP contribution >= 0.6 is 11.6 Å². The van der Waals surface area contributed by atoms with Gasteiger partial charge in [0.15, 0.2) is 5.78 Å². The Kier molecular flexibility index (Phi) is 10.7. The molecule has 48 heavy (non-hydrogen) atoms. The van der Waals surface area contributed by atoms with Gasteiger partial charge in [0.05, 0.1) is 36.3 Å². The second-order valence-corrected chi connectivity index (χ2v) is 13.5. The molecule has 11 heteroatoms. The number of ether oxygens (including phenoxy) is 3. The van der Waals surface area contributed by atoms with Crippen LogP contribution in [0, 0.1) is 18.8 Å². The molecule has 0 saturated carbocycles. The first kappa shape index (κ1) is 34.9. The molecule has 1 aliphatic heterocycles. The number of amides is 1. The molecular formula is C37H42ClFN4O5. The first-order valence-electron chi connectivity index (χ1n) is 16.2. The Balaban J connectivity index is 1.50. The van der Waals surface area contributed by atoms with Crippen LogP contribution < -0.4 is 15.1 Å². The summed E-state index contributed by atoms with van der Waals surface area (Å²) in [4.78, 5) is 35.0. The van der Waals surface area contributed by atoms with E-state index in [1.807, 2.05) is 24.3 Å². The average molecular weight is 677 g/mol. The summed E-state index contributed by atoms with van der Waals surface area (Å²) < 4.78 is 35.2. The van der Waals surface area contributed by atoms with Gasteiger partial charge in [-0.05, 0) is 88.1 Å². The number of unbranched alkanes of at least 4 members (excludes halogenated alkanes) is 2. The highest BCUT2D eigenvalue weighted by atomic mass is 35.5. The molecule has 0 radical (unpaired) electrons. The lowest BCUT2D eigenvalue weighted by molar-refractivity contribution is 0.0593. The molecule has 9 nitrogen and oxygen atoms in total. The number of fused-ring (bicyclic) bond motifs is 1. The first-order chi connectivity index (χ1) is 22.8. The Morgan fingerprint density at radius 3 is 2.58 bits per heavy atom. The maximum absolute atomic E-state index is 14.2. The molecule has 0 spiro atoms. The summed E-state index contributed by atoms with van der Waals surface area (Å²) in [6.07, 6.45) is 6.42. The van der Waals surface area contributed by atoms with E-state index in [1.165, 1.54) is 6.07 Å². The number of rotatable bonds is 10. The SMILES string of the molecule is CCCCCOc1cc(CC2COc3c(cc(Cn4ccn(C)c4=NC(=O)OC(C)(C)C)cc3-c3ccc(F)nc3C)C2=O)ccc1Cl. The smallest absolute Gasteiger partial charge is 0.437 e. The molecule has 3 heterocycles. The third-order valence-corrected chi connectivity index (χ3v) is 8.33. The zero-order chi connectivity index (χ0) is 34.6. The van der Waals surface area contributed by atoms with Crippen LogP contribution in [0.25, 0.3) is 11.1 Å². The van der Waals surface area contributed by atoms with Crippen molar-refractivity contribution in [2.24, 2.45) is 18.0 Å². The Bertz CT molecular complexity index is 1890. The molecular weight excluding hydrogens is 635 g/mol. The van der Waals surface area contributed by atoms with E-state index >= 15 is 0 Å². The number of hydrogen-bond donors (Lipinski definition) is 0. The van der Waals surface area contributed by atoms with Gasteiger partial charge in [-0.25, -0.2) is 9.78 Å². The second kappa shape index (κ2) is 14.8. The van der Waals surface area contributed by atoms with Crippen molar-refractivity contribution in [2.75, 3.05) is 13.2 Å². The van der Waals surface area contributed by atoms with Gasteiger partial charge in [-0.2, -0.15) is 4.39 Å². The number of hydrogen-bond acceptors (Lipinski definition) is 6. The highest BCUT2D eigenvalue weighted by Crippen LogP contribution is 2.40. The van der Waals surface area contributed by atoms with Crippen LogP contribution in [0.5, 0.6) is 11.5 Å².